The third kappa shape index (κ3) is 5.94. The second-order valence-electron chi connectivity index (χ2n) is 7.11. The highest BCUT2D eigenvalue weighted by molar-refractivity contribution is 6.74. The van der Waals surface area contributed by atoms with E-state index in [1.54, 1.807) is 0 Å². The predicted octanol–water partition coefficient (Wildman–Crippen LogP) is 5.08. The molecule has 0 saturated carbocycles. The van der Waals surface area contributed by atoms with Crippen LogP contribution in [0.25, 0.3) is 0 Å². The number of hydrogen-bond acceptors (Lipinski definition) is 2. The van der Waals surface area contributed by atoms with Gasteiger partial charge in [-0.15, -0.1) is 0 Å². The van der Waals surface area contributed by atoms with Crippen molar-refractivity contribution in [3.63, 3.8) is 0 Å². The summed E-state index contributed by atoms with van der Waals surface area (Å²) in [5.74, 6) is 0. The SMILES string of the molecule is CC/C=C\C/C=C\C[C@@H]1O[C@@H]1CO[Si](C)(C)C(C)(C)C. The van der Waals surface area contributed by atoms with Gasteiger partial charge in [-0.1, -0.05) is 52.0 Å². The van der Waals surface area contributed by atoms with Crippen molar-refractivity contribution in [1.82, 2.24) is 0 Å². The van der Waals surface area contributed by atoms with Crippen LogP contribution in [-0.2, 0) is 9.16 Å². The zero-order chi connectivity index (χ0) is 15.2. The lowest BCUT2D eigenvalue weighted by molar-refractivity contribution is 0.241. The van der Waals surface area contributed by atoms with Gasteiger partial charge in [0.15, 0.2) is 8.32 Å². The van der Waals surface area contributed by atoms with Crippen LogP contribution in [0, 0.1) is 0 Å². The molecule has 1 heterocycles. The van der Waals surface area contributed by atoms with E-state index in [-0.39, 0.29) is 5.04 Å². The van der Waals surface area contributed by atoms with Crippen LogP contribution in [0.1, 0.15) is 47.0 Å². The molecular formula is C17H32O2Si. The lowest BCUT2D eigenvalue weighted by atomic mass is 10.2. The van der Waals surface area contributed by atoms with E-state index in [1.807, 2.05) is 0 Å². The summed E-state index contributed by atoms with van der Waals surface area (Å²) < 4.78 is 11.9. The van der Waals surface area contributed by atoms with Gasteiger partial charge in [0.25, 0.3) is 0 Å². The first-order chi connectivity index (χ1) is 9.28. The Morgan fingerprint density at radius 2 is 1.70 bits per heavy atom. The number of ether oxygens (including phenoxy) is 1. The molecule has 0 aliphatic carbocycles. The summed E-state index contributed by atoms with van der Waals surface area (Å²) >= 11 is 0. The summed E-state index contributed by atoms with van der Waals surface area (Å²) in [5.41, 5.74) is 0. The van der Waals surface area contributed by atoms with Crippen molar-refractivity contribution in [3.8, 4) is 0 Å². The smallest absolute Gasteiger partial charge is 0.192 e. The molecule has 1 aliphatic heterocycles. The van der Waals surface area contributed by atoms with Crippen molar-refractivity contribution in [3.05, 3.63) is 24.3 Å². The Hall–Kier alpha value is -0.383. The van der Waals surface area contributed by atoms with Crippen LogP contribution in [0.4, 0.5) is 0 Å². The van der Waals surface area contributed by atoms with Crippen LogP contribution in [0.2, 0.25) is 18.1 Å². The summed E-state index contributed by atoms with van der Waals surface area (Å²) in [5, 5.41) is 0.281. The number of allylic oxidation sites excluding steroid dienone is 3. The fourth-order valence-corrected chi connectivity index (χ4v) is 2.72. The molecule has 0 bridgehead atoms. The van der Waals surface area contributed by atoms with E-state index >= 15 is 0 Å². The topological polar surface area (TPSA) is 21.8 Å². The van der Waals surface area contributed by atoms with E-state index in [4.69, 9.17) is 9.16 Å². The van der Waals surface area contributed by atoms with Gasteiger partial charge in [0, 0.05) is 0 Å². The summed E-state index contributed by atoms with van der Waals surface area (Å²) in [6.45, 7) is 14.3. The first kappa shape index (κ1) is 17.7. The van der Waals surface area contributed by atoms with E-state index in [2.05, 4.69) is 65.1 Å². The highest BCUT2D eigenvalue weighted by Gasteiger charge is 2.42. The highest BCUT2D eigenvalue weighted by Crippen LogP contribution is 2.38. The molecular weight excluding hydrogens is 264 g/mol. The van der Waals surface area contributed by atoms with Crippen LogP contribution in [-0.4, -0.2) is 27.1 Å². The van der Waals surface area contributed by atoms with Crippen LogP contribution < -0.4 is 0 Å². The average Bonchev–Trinajstić information content (AvgIpc) is 3.08. The quantitative estimate of drug-likeness (QED) is 0.354. The summed E-state index contributed by atoms with van der Waals surface area (Å²) in [7, 11) is -1.62. The molecule has 0 unspecified atom stereocenters. The van der Waals surface area contributed by atoms with Gasteiger partial charge in [-0.25, -0.2) is 0 Å². The summed E-state index contributed by atoms with van der Waals surface area (Å²) in [6.07, 6.45) is 12.7. The number of epoxide rings is 1. The molecule has 0 radical (unpaired) electrons. The minimum Gasteiger partial charge on any atom is -0.414 e. The Labute approximate surface area is 126 Å². The molecule has 0 aromatic rings. The maximum Gasteiger partial charge on any atom is 0.192 e. The van der Waals surface area contributed by atoms with Crippen LogP contribution in [0.15, 0.2) is 24.3 Å². The van der Waals surface area contributed by atoms with Gasteiger partial charge in [-0.2, -0.15) is 0 Å². The lowest BCUT2D eigenvalue weighted by Crippen LogP contribution is -2.41. The second-order valence-corrected chi connectivity index (χ2v) is 11.9. The van der Waals surface area contributed by atoms with E-state index in [9.17, 15) is 0 Å². The largest absolute Gasteiger partial charge is 0.414 e. The predicted molar refractivity (Wildman–Crippen MR) is 89.6 cm³/mol. The molecule has 1 rings (SSSR count). The van der Waals surface area contributed by atoms with Crippen molar-refractivity contribution >= 4 is 8.32 Å². The fraction of sp³-hybridized carbons (Fsp3) is 0.765. The van der Waals surface area contributed by atoms with Crippen LogP contribution >= 0.6 is 0 Å². The maximum absolute atomic E-state index is 6.19. The highest BCUT2D eigenvalue weighted by atomic mass is 28.4. The Bertz CT molecular complexity index is 339. The van der Waals surface area contributed by atoms with Crippen LogP contribution in [0.3, 0.4) is 0 Å². The Balaban J connectivity index is 2.17. The standard InChI is InChI=1S/C17H32O2Si/c1-7-8-9-10-11-12-13-15-16(19-15)14-18-20(5,6)17(2,3)4/h8-9,11-12,15-16H,7,10,13-14H2,1-6H3/b9-8-,12-11-/t15-,16+/m0/s1. The molecule has 1 saturated heterocycles. The van der Waals surface area contributed by atoms with Gasteiger partial charge in [-0.3, -0.25) is 0 Å². The summed E-state index contributed by atoms with van der Waals surface area (Å²) in [6, 6.07) is 0. The van der Waals surface area contributed by atoms with Crippen molar-refractivity contribution in [2.45, 2.75) is 77.3 Å². The molecule has 0 spiro atoms. The van der Waals surface area contributed by atoms with Gasteiger partial charge in [-0.05, 0) is 37.4 Å². The van der Waals surface area contributed by atoms with Gasteiger partial charge in [0.2, 0.25) is 0 Å². The molecule has 0 aromatic heterocycles. The molecule has 3 heteroatoms. The van der Waals surface area contributed by atoms with E-state index in [0.717, 1.165) is 25.9 Å². The molecule has 0 amide bonds. The molecule has 2 nitrogen and oxygen atoms in total. The van der Waals surface area contributed by atoms with Crippen molar-refractivity contribution < 1.29 is 9.16 Å². The fourth-order valence-electron chi connectivity index (χ4n) is 1.71. The molecule has 116 valence electrons. The van der Waals surface area contributed by atoms with E-state index in [0.29, 0.717) is 12.2 Å². The zero-order valence-electron chi connectivity index (χ0n) is 14.1. The van der Waals surface area contributed by atoms with Crippen molar-refractivity contribution in [2.75, 3.05) is 6.61 Å². The Morgan fingerprint density at radius 3 is 2.30 bits per heavy atom. The maximum atomic E-state index is 6.19. The first-order valence-corrected chi connectivity index (χ1v) is 10.8. The van der Waals surface area contributed by atoms with Crippen molar-refractivity contribution in [2.24, 2.45) is 0 Å². The lowest BCUT2D eigenvalue weighted by Gasteiger charge is -2.36. The molecule has 0 N–H and O–H groups in total. The number of rotatable bonds is 8. The van der Waals surface area contributed by atoms with Gasteiger partial charge in [0.05, 0.1) is 12.7 Å². The van der Waals surface area contributed by atoms with Gasteiger partial charge < -0.3 is 9.16 Å². The van der Waals surface area contributed by atoms with Crippen molar-refractivity contribution in [1.29, 1.82) is 0 Å². The zero-order valence-corrected chi connectivity index (χ0v) is 15.1. The molecule has 1 aliphatic rings. The van der Waals surface area contributed by atoms with Crippen LogP contribution in [0.5, 0.6) is 0 Å². The third-order valence-electron chi connectivity index (χ3n) is 4.31. The molecule has 0 aromatic carbocycles. The molecule has 1 fully saturated rings. The summed E-state index contributed by atoms with van der Waals surface area (Å²) in [4.78, 5) is 0. The van der Waals surface area contributed by atoms with E-state index in [1.165, 1.54) is 0 Å². The van der Waals surface area contributed by atoms with Gasteiger partial charge >= 0.3 is 0 Å². The number of hydrogen-bond donors (Lipinski definition) is 0. The molecule has 20 heavy (non-hydrogen) atoms. The van der Waals surface area contributed by atoms with Gasteiger partial charge in [0.1, 0.15) is 6.10 Å². The molecule has 2 atom stereocenters. The Morgan fingerprint density at radius 1 is 1.05 bits per heavy atom. The second kappa shape index (κ2) is 7.58. The monoisotopic (exact) mass is 296 g/mol. The first-order valence-electron chi connectivity index (χ1n) is 7.87. The minimum atomic E-state index is -1.62. The Kier molecular flexibility index (Phi) is 6.69. The third-order valence-corrected chi connectivity index (χ3v) is 8.81. The normalized spacial score (nSPS) is 23.9. The average molecular weight is 297 g/mol. The van der Waals surface area contributed by atoms with E-state index < -0.39 is 8.32 Å². The minimum absolute atomic E-state index is 0.281.